The van der Waals surface area contributed by atoms with Crippen LogP contribution in [-0.4, -0.2) is 25.8 Å². The molecule has 0 bridgehead atoms. The van der Waals surface area contributed by atoms with E-state index in [-0.39, 0.29) is 23.0 Å². The minimum Gasteiger partial charge on any atom is -0.310 e. The number of hydrogen-bond donors (Lipinski definition) is 1. The van der Waals surface area contributed by atoms with E-state index in [1.54, 1.807) is 19.2 Å². The van der Waals surface area contributed by atoms with Crippen LogP contribution in [0.3, 0.4) is 0 Å². The molecule has 2 aromatic heterocycles. The molecule has 2 aromatic rings. The third-order valence-electron chi connectivity index (χ3n) is 3.35. The average molecular weight is 304 g/mol. The van der Waals surface area contributed by atoms with E-state index in [2.05, 4.69) is 25.3 Å². The first-order chi connectivity index (χ1) is 10.0. The maximum atomic E-state index is 12.2. The summed E-state index contributed by atoms with van der Waals surface area (Å²) in [5.74, 6) is 1.05. The predicted molar refractivity (Wildman–Crippen MR) is 78.0 cm³/mol. The van der Waals surface area contributed by atoms with Crippen LogP contribution in [0, 0.1) is 19.8 Å². The molecule has 0 spiro atoms. The summed E-state index contributed by atoms with van der Waals surface area (Å²) in [5, 5.41) is 2.89. The van der Waals surface area contributed by atoms with E-state index in [4.69, 9.17) is 11.6 Å². The summed E-state index contributed by atoms with van der Waals surface area (Å²) in [6.07, 6.45) is 2.48. The minimum atomic E-state index is -0.110. The SMILES string of the molecule is Cc1cc(NC(=O)[C@H]2CC2c2nccc(C)n2)nc(Cl)n1. The number of nitrogens with one attached hydrogen (secondary N) is 1. The van der Waals surface area contributed by atoms with E-state index < -0.39 is 0 Å². The van der Waals surface area contributed by atoms with Gasteiger partial charge >= 0.3 is 0 Å². The van der Waals surface area contributed by atoms with E-state index in [1.165, 1.54) is 0 Å². The number of hydrogen-bond acceptors (Lipinski definition) is 5. The maximum Gasteiger partial charge on any atom is 0.229 e. The van der Waals surface area contributed by atoms with Crippen molar-refractivity contribution in [1.29, 1.82) is 0 Å². The fourth-order valence-electron chi connectivity index (χ4n) is 2.23. The van der Waals surface area contributed by atoms with Gasteiger partial charge in [0.1, 0.15) is 11.6 Å². The molecule has 1 aliphatic rings. The Hall–Kier alpha value is -2.08. The number of carbonyl (C=O) groups is 1. The molecule has 1 aliphatic carbocycles. The van der Waals surface area contributed by atoms with Crippen molar-refractivity contribution in [1.82, 2.24) is 19.9 Å². The van der Waals surface area contributed by atoms with E-state index in [0.29, 0.717) is 11.5 Å². The van der Waals surface area contributed by atoms with Gasteiger partial charge in [0.15, 0.2) is 0 Å². The van der Waals surface area contributed by atoms with Crippen LogP contribution in [0.1, 0.15) is 29.6 Å². The lowest BCUT2D eigenvalue weighted by Crippen LogP contribution is -2.16. The topological polar surface area (TPSA) is 80.7 Å². The molecule has 1 N–H and O–H groups in total. The quantitative estimate of drug-likeness (QED) is 0.880. The summed E-state index contributed by atoms with van der Waals surface area (Å²) >= 11 is 5.78. The third-order valence-corrected chi connectivity index (χ3v) is 3.52. The van der Waals surface area contributed by atoms with Crippen molar-refractivity contribution in [3.8, 4) is 0 Å². The smallest absolute Gasteiger partial charge is 0.229 e. The summed E-state index contributed by atoms with van der Waals surface area (Å²) in [6, 6.07) is 3.52. The molecule has 0 aromatic carbocycles. The van der Waals surface area contributed by atoms with Crippen LogP contribution < -0.4 is 5.32 Å². The Morgan fingerprint density at radius 1 is 1.29 bits per heavy atom. The molecule has 1 amide bonds. The van der Waals surface area contributed by atoms with Crippen LogP contribution in [0.25, 0.3) is 0 Å². The fourth-order valence-corrected chi connectivity index (χ4v) is 2.46. The molecule has 0 saturated heterocycles. The number of anilines is 1. The lowest BCUT2D eigenvalue weighted by Gasteiger charge is -2.05. The van der Waals surface area contributed by atoms with Crippen LogP contribution in [-0.2, 0) is 4.79 Å². The second kappa shape index (κ2) is 5.37. The van der Waals surface area contributed by atoms with Crippen LogP contribution in [0.2, 0.25) is 5.28 Å². The zero-order valence-corrected chi connectivity index (χ0v) is 12.4. The standard InChI is InChI=1S/C14H14ClN5O/c1-7-3-4-16-12(17-7)9-6-10(9)13(21)19-11-5-8(2)18-14(15)20-11/h3-5,9-10H,6H2,1-2H3,(H,18,19,20,21)/t9?,10-/m0/s1. The summed E-state index contributed by atoms with van der Waals surface area (Å²) < 4.78 is 0. The lowest BCUT2D eigenvalue weighted by molar-refractivity contribution is -0.117. The molecule has 6 nitrogen and oxygen atoms in total. The largest absolute Gasteiger partial charge is 0.310 e. The lowest BCUT2D eigenvalue weighted by atomic mass is 10.2. The van der Waals surface area contributed by atoms with Crippen molar-refractivity contribution >= 4 is 23.3 Å². The zero-order chi connectivity index (χ0) is 15.0. The fraction of sp³-hybridized carbons (Fsp3) is 0.357. The summed E-state index contributed by atoms with van der Waals surface area (Å²) in [5.41, 5.74) is 1.61. The summed E-state index contributed by atoms with van der Waals surface area (Å²) in [6.45, 7) is 3.71. The molecule has 108 valence electrons. The van der Waals surface area contributed by atoms with Crippen molar-refractivity contribution in [3.63, 3.8) is 0 Å². The summed E-state index contributed by atoms with van der Waals surface area (Å²) in [7, 11) is 0. The molecule has 1 saturated carbocycles. The van der Waals surface area contributed by atoms with Gasteiger partial charge in [-0.1, -0.05) is 0 Å². The molecule has 21 heavy (non-hydrogen) atoms. The van der Waals surface area contributed by atoms with Crippen LogP contribution >= 0.6 is 11.6 Å². The zero-order valence-electron chi connectivity index (χ0n) is 11.7. The Labute approximate surface area is 127 Å². The number of rotatable bonds is 3. The number of carbonyl (C=O) groups excluding carboxylic acids is 1. The number of aromatic nitrogens is 4. The normalized spacial score (nSPS) is 20.1. The Balaban J connectivity index is 1.68. The molecule has 7 heteroatoms. The third kappa shape index (κ3) is 3.16. The van der Waals surface area contributed by atoms with Gasteiger partial charge in [0, 0.05) is 35.5 Å². The molecular weight excluding hydrogens is 290 g/mol. The highest BCUT2D eigenvalue weighted by atomic mass is 35.5. The van der Waals surface area contributed by atoms with Crippen molar-refractivity contribution in [3.05, 3.63) is 40.8 Å². The van der Waals surface area contributed by atoms with Gasteiger partial charge in [-0.2, -0.15) is 0 Å². The molecule has 2 atom stereocenters. The van der Waals surface area contributed by atoms with E-state index >= 15 is 0 Å². The van der Waals surface area contributed by atoms with Crippen molar-refractivity contribution in [2.75, 3.05) is 5.32 Å². The van der Waals surface area contributed by atoms with E-state index in [1.807, 2.05) is 13.0 Å². The monoisotopic (exact) mass is 303 g/mol. The van der Waals surface area contributed by atoms with Gasteiger partial charge in [-0.3, -0.25) is 4.79 Å². The Morgan fingerprint density at radius 3 is 2.81 bits per heavy atom. The van der Waals surface area contributed by atoms with Crippen molar-refractivity contribution < 1.29 is 4.79 Å². The molecule has 1 unspecified atom stereocenters. The minimum absolute atomic E-state index is 0.0840. The van der Waals surface area contributed by atoms with Gasteiger partial charge in [0.25, 0.3) is 0 Å². The van der Waals surface area contributed by atoms with Gasteiger partial charge in [0.05, 0.1) is 0 Å². The van der Waals surface area contributed by atoms with Crippen LogP contribution in [0.5, 0.6) is 0 Å². The van der Waals surface area contributed by atoms with E-state index in [0.717, 1.165) is 17.9 Å². The Morgan fingerprint density at radius 2 is 2.10 bits per heavy atom. The van der Waals surface area contributed by atoms with Gasteiger partial charge in [0.2, 0.25) is 11.2 Å². The van der Waals surface area contributed by atoms with Crippen molar-refractivity contribution in [2.45, 2.75) is 26.2 Å². The average Bonchev–Trinajstić information content (AvgIpc) is 3.17. The number of nitrogens with zero attached hydrogens (tertiary/aromatic N) is 4. The molecule has 0 radical (unpaired) electrons. The Kier molecular flexibility index (Phi) is 3.55. The molecule has 1 fully saturated rings. The first-order valence-corrected chi connectivity index (χ1v) is 7.02. The van der Waals surface area contributed by atoms with Gasteiger partial charge in [-0.05, 0) is 37.9 Å². The molecule has 0 aliphatic heterocycles. The number of halogens is 1. The van der Waals surface area contributed by atoms with Gasteiger partial charge in [-0.15, -0.1) is 0 Å². The second-order valence-corrected chi connectivity index (χ2v) is 5.50. The highest BCUT2D eigenvalue weighted by Gasteiger charge is 2.46. The highest BCUT2D eigenvalue weighted by Crippen LogP contribution is 2.46. The number of aryl methyl sites for hydroxylation is 2. The Bertz CT molecular complexity index is 685. The van der Waals surface area contributed by atoms with Crippen molar-refractivity contribution in [2.24, 2.45) is 5.92 Å². The predicted octanol–water partition coefficient (Wildman–Crippen LogP) is 2.28. The van der Waals surface area contributed by atoms with Crippen LogP contribution in [0.15, 0.2) is 18.3 Å². The van der Waals surface area contributed by atoms with Gasteiger partial charge in [-0.25, -0.2) is 19.9 Å². The highest BCUT2D eigenvalue weighted by molar-refractivity contribution is 6.28. The first-order valence-electron chi connectivity index (χ1n) is 6.64. The van der Waals surface area contributed by atoms with Gasteiger partial charge < -0.3 is 5.32 Å². The second-order valence-electron chi connectivity index (χ2n) is 5.16. The molecule has 2 heterocycles. The molecule has 3 rings (SSSR count). The summed E-state index contributed by atoms with van der Waals surface area (Å²) in [4.78, 5) is 28.7. The van der Waals surface area contributed by atoms with Crippen LogP contribution in [0.4, 0.5) is 5.82 Å². The maximum absolute atomic E-state index is 12.2. The molecular formula is C14H14ClN5O. The van der Waals surface area contributed by atoms with E-state index in [9.17, 15) is 4.79 Å². The first kappa shape index (κ1) is 13.9. The number of amides is 1.